The van der Waals surface area contributed by atoms with Gasteiger partial charge in [0.05, 0.1) is 0 Å². The molecule has 7 nitrogen and oxygen atoms in total. The molecule has 0 aromatic heterocycles. The number of nitrogens with zero attached hydrogens (tertiary/aromatic N) is 1. The van der Waals surface area contributed by atoms with Crippen molar-refractivity contribution < 1.29 is 19.1 Å². The SMILES string of the molecule is CNC(=O)[C@@H]1CCCN1C(=O)NCc1ccc2c(c1)OCO2. The van der Waals surface area contributed by atoms with E-state index in [0.29, 0.717) is 31.0 Å². The number of fused-ring (bicyclic) bond motifs is 1. The normalized spacial score (nSPS) is 19.1. The third-order valence-electron chi connectivity index (χ3n) is 3.94. The summed E-state index contributed by atoms with van der Waals surface area (Å²) < 4.78 is 10.6. The van der Waals surface area contributed by atoms with Crippen LogP contribution in [0, 0.1) is 0 Å². The van der Waals surface area contributed by atoms with Crippen LogP contribution in [0.25, 0.3) is 0 Å². The van der Waals surface area contributed by atoms with Gasteiger partial charge in [0.25, 0.3) is 0 Å². The number of carbonyl (C=O) groups excluding carboxylic acids is 2. The first kappa shape index (κ1) is 14.5. The number of hydrogen-bond donors (Lipinski definition) is 2. The summed E-state index contributed by atoms with van der Waals surface area (Å²) in [5, 5.41) is 5.45. The van der Waals surface area contributed by atoms with E-state index >= 15 is 0 Å². The average molecular weight is 305 g/mol. The van der Waals surface area contributed by atoms with E-state index in [0.717, 1.165) is 12.0 Å². The molecule has 118 valence electrons. The van der Waals surface area contributed by atoms with Gasteiger partial charge in [-0.2, -0.15) is 0 Å². The lowest BCUT2D eigenvalue weighted by Crippen LogP contribution is -2.48. The van der Waals surface area contributed by atoms with Gasteiger partial charge in [-0.1, -0.05) is 6.07 Å². The second-order valence-corrected chi connectivity index (χ2v) is 5.31. The van der Waals surface area contributed by atoms with Crippen molar-refractivity contribution in [3.8, 4) is 11.5 Å². The Kier molecular flexibility index (Phi) is 4.04. The van der Waals surface area contributed by atoms with Crippen molar-refractivity contribution in [2.24, 2.45) is 0 Å². The van der Waals surface area contributed by atoms with Gasteiger partial charge in [-0.05, 0) is 30.5 Å². The van der Waals surface area contributed by atoms with Gasteiger partial charge in [-0.15, -0.1) is 0 Å². The Morgan fingerprint density at radius 1 is 1.32 bits per heavy atom. The van der Waals surface area contributed by atoms with Crippen LogP contribution in [-0.2, 0) is 11.3 Å². The summed E-state index contributed by atoms with van der Waals surface area (Å²) in [5.41, 5.74) is 0.924. The van der Waals surface area contributed by atoms with Crippen LogP contribution in [0.5, 0.6) is 11.5 Å². The van der Waals surface area contributed by atoms with Crippen LogP contribution in [0.1, 0.15) is 18.4 Å². The lowest BCUT2D eigenvalue weighted by molar-refractivity contribution is -0.124. The minimum atomic E-state index is -0.373. The highest BCUT2D eigenvalue weighted by Crippen LogP contribution is 2.32. The zero-order chi connectivity index (χ0) is 15.5. The molecule has 0 spiro atoms. The van der Waals surface area contributed by atoms with E-state index in [9.17, 15) is 9.59 Å². The Bertz CT molecular complexity index is 590. The molecule has 2 aliphatic heterocycles. The third-order valence-corrected chi connectivity index (χ3v) is 3.94. The Balaban J connectivity index is 1.59. The molecule has 2 N–H and O–H groups in total. The monoisotopic (exact) mass is 305 g/mol. The lowest BCUT2D eigenvalue weighted by Gasteiger charge is -2.23. The molecule has 1 saturated heterocycles. The molecule has 22 heavy (non-hydrogen) atoms. The van der Waals surface area contributed by atoms with Crippen LogP contribution < -0.4 is 20.1 Å². The number of likely N-dealkylation sites (N-methyl/N-ethyl adjacent to an activating group) is 1. The zero-order valence-electron chi connectivity index (χ0n) is 12.4. The molecule has 0 aliphatic carbocycles. The van der Waals surface area contributed by atoms with Crippen LogP contribution in [0.4, 0.5) is 4.79 Å². The fourth-order valence-corrected chi connectivity index (χ4v) is 2.78. The summed E-state index contributed by atoms with van der Waals surface area (Å²) in [4.78, 5) is 25.6. The van der Waals surface area contributed by atoms with E-state index < -0.39 is 0 Å². The number of nitrogens with one attached hydrogen (secondary N) is 2. The maximum absolute atomic E-state index is 12.3. The third kappa shape index (κ3) is 2.79. The number of carbonyl (C=O) groups is 2. The summed E-state index contributed by atoms with van der Waals surface area (Å²) in [6, 6.07) is 4.97. The molecular weight excluding hydrogens is 286 g/mol. The van der Waals surface area contributed by atoms with Crippen molar-refractivity contribution in [2.75, 3.05) is 20.4 Å². The van der Waals surface area contributed by atoms with Crippen LogP contribution >= 0.6 is 0 Å². The van der Waals surface area contributed by atoms with Crippen LogP contribution in [0.3, 0.4) is 0 Å². The van der Waals surface area contributed by atoms with Gasteiger partial charge in [0, 0.05) is 20.1 Å². The Hall–Kier alpha value is -2.44. The smallest absolute Gasteiger partial charge is 0.318 e. The molecule has 0 bridgehead atoms. The fraction of sp³-hybridized carbons (Fsp3) is 0.467. The van der Waals surface area contributed by atoms with E-state index in [4.69, 9.17) is 9.47 Å². The molecule has 1 aromatic carbocycles. The van der Waals surface area contributed by atoms with Gasteiger partial charge >= 0.3 is 6.03 Å². The zero-order valence-corrected chi connectivity index (χ0v) is 12.4. The van der Waals surface area contributed by atoms with Crippen molar-refractivity contribution in [3.05, 3.63) is 23.8 Å². The van der Waals surface area contributed by atoms with Crippen LogP contribution in [0.2, 0.25) is 0 Å². The number of hydrogen-bond acceptors (Lipinski definition) is 4. The van der Waals surface area contributed by atoms with Crippen molar-refractivity contribution in [1.82, 2.24) is 15.5 Å². The van der Waals surface area contributed by atoms with Gasteiger partial charge in [-0.25, -0.2) is 4.79 Å². The molecule has 0 saturated carbocycles. The minimum Gasteiger partial charge on any atom is -0.454 e. The highest BCUT2D eigenvalue weighted by Gasteiger charge is 2.33. The van der Waals surface area contributed by atoms with Crippen LogP contribution in [-0.4, -0.2) is 43.3 Å². The van der Waals surface area contributed by atoms with Gasteiger partial charge in [0.2, 0.25) is 12.7 Å². The summed E-state index contributed by atoms with van der Waals surface area (Å²) in [6.45, 7) is 1.21. The molecule has 3 rings (SSSR count). The molecule has 1 fully saturated rings. The molecule has 1 aromatic rings. The van der Waals surface area contributed by atoms with Gasteiger partial charge in [0.1, 0.15) is 6.04 Å². The number of ether oxygens (including phenoxy) is 2. The summed E-state index contributed by atoms with van der Waals surface area (Å²) in [6.07, 6.45) is 1.55. The Morgan fingerprint density at radius 2 is 2.14 bits per heavy atom. The van der Waals surface area contributed by atoms with Crippen molar-refractivity contribution in [2.45, 2.75) is 25.4 Å². The van der Waals surface area contributed by atoms with E-state index in [1.807, 2.05) is 18.2 Å². The summed E-state index contributed by atoms with van der Waals surface area (Å²) in [5.74, 6) is 1.29. The molecule has 1 atom stereocenters. The maximum Gasteiger partial charge on any atom is 0.318 e. The first-order chi connectivity index (χ1) is 10.7. The average Bonchev–Trinajstić information content (AvgIpc) is 3.19. The summed E-state index contributed by atoms with van der Waals surface area (Å²) in [7, 11) is 1.59. The first-order valence-electron chi connectivity index (χ1n) is 7.33. The second-order valence-electron chi connectivity index (χ2n) is 5.31. The first-order valence-corrected chi connectivity index (χ1v) is 7.33. The van der Waals surface area contributed by atoms with E-state index in [1.54, 1.807) is 11.9 Å². The number of urea groups is 1. The fourth-order valence-electron chi connectivity index (χ4n) is 2.78. The topological polar surface area (TPSA) is 79.9 Å². The molecule has 0 unspecified atom stereocenters. The Labute approximate surface area is 128 Å². The molecule has 3 amide bonds. The molecule has 2 aliphatic rings. The van der Waals surface area contributed by atoms with Gasteiger partial charge in [0.15, 0.2) is 11.5 Å². The van der Waals surface area contributed by atoms with Crippen molar-refractivity contribution in [3.63, 3.8) is 0 Å². The number of benzene rings is 1. The van der Waals surface area contributed by atoms with Crippen LogP contribution in [0.15, 0.2) is 18.2 Å². The standard InChI is InChI=1S/C15H19N3O4/c1-16-14(19)11-3-2-6-18(11)15(20)17-8-10-4-5-12-13(7-10)22-9-21-12/h4-5,7,11H,2-3,6,8-9H2,1H3,(H,16,19)(H,17,20)/t11-/m0/s1. The Morgan fingerprint density at radius 3 is 2.95 bits per heavy atom. The number of rotatable bonds is 3. The predicted molar refractivity (Wildman–Crippen MR) is 78.6 cm³/mol. The predicted octanol–water partition coefficient (Wildman–Crippen LogP) is 0.835. The van der Waals surface area contributed by atoms with Crippen molar-refractivity contribution >= 4 is 11.9 Å². The largest absolute Gasteiger partial charge is 0.454 e. The highest BCUT2D eigenvalue weighted by molar-refractivity contribution is 5.87. The number of amides is 3. The van der Waals surface area contributed by atoms with E-state index in [2.05, 4.69) is 10.6 Å². The van der Waals surface area contributed by atoms with E-state index in [-0.39, 0.29) is 24.8 Å². The van der Waals surface area contributed by atoms with E-state index in [1.165, 1.54) is 0 Å². The molecule has 7 heteroatoms. The molecule has 2 heterocycles. The molecular formula is C15H19N3O4. The minimum absolute atomic E-state index is 0.115. The highest BCUT2D eigenvalue weighted by atomic mass is 16.7. The van der Waals surface area contributed by atoms with Gasteiger partial charge in [-0.3, -0.25) is 4.79 Å². The maximum atomic E-state index is 12.3. The summed E-state index contributed by atoms with van der Waals surface area (Å²) >= 11 is 0. The quantitative estimate of drug-likeness (QED) is 0.867. The van der Waals surface area contributed by atoms with Crippen molar-refractivity contribution in [1.29, 1.82) is 0 Å². The number of likely N-dealkylation sites (tertiary alicyclic amines) is 1. The van der Waals surface area contributed by atoms with Gasteiger partial charge < -0.3 is 25.0 Å². The second kappa shape index (κ2) is 6.13. The molecule has 0 radical (unpaired) electrons. The lowest BCUT2D eigenvalue weighted by atomic mass is 10.2.